The molecule has 0 fully saturated rings. The maximum atomic E-state index is 12.4. The lowest BCUT2D eigenvalue weighted by Crippen LogP contribution is -2.24. The molecule has 0 aliphatic carbocycles. The Morgan fingerprint density at radius 3 is 2.96 bits per heavy atom. The SMILES string of the molecule is Cc1cc2c(=O)n(CC(=O)c3cc4ccccc4o3)cnc2s1. The number of rotatable bonds is 3. The molecule has 1 aromatic carbocycles. The highest BCUT2D eigenvalue weighted by molar-refractivity contribution is 7.18. The third-order valence-corrected chi connectivity index (χ3v) is 4.61. The number of aryl methyl sites for hydroxylation is 1. The highest BCUT2D eigenvalue weighted by Gasteiger charge is 2.15. The third-order valence-electron chi connectivity index (χ3n) is 3.66. The topological polar surface area (TPSA) is 65.1 Å². The fourth-order valence-corrected chi connectivity index (χ4v) is 3.38. The molecule has 0 amide bonds. The summed E-state index contributed by atoms with van der Waals surface area (Å²) in [4.78, 5) is 30.8. The normalized spacial score (nSPS) is 11.3. The molecule has 4 rings (SSSR count). The summed E-state index contributed by atoms with van der Waals surface area (Å²) in [7, 11) is 0. The number of carbonyl (C=O) groups excluding carboxylic acids is 1. The van der Waals surface area contributed by atoms with E-state index in [2.05, 4.69) is 4.98 Å². The number of hydrogen-bond acceptors (Lipinski definition) is 5. The fraction of sp³-hybridized carbons (Fsp3) is 0.118. The Hall–Kier alpha value is -2.73. The Bertz CT molecular complexity index is 1070. The second-order valence-electron chi connectivity index (χ2n) is 5.33. The molecule has 114 valence electrons. The number of Topliss-reactive ketones (excluding diaryl/α,β-unsaturated/α-hetero) is 1. The number of furan rings is 1. The maximum Gasteiger partial charge on any atom is 0.262 e. The van der Waals surface area contributed by atoms with Gasteiger partial charge in [-0.3, -0.25) is 14.2 Å². The van der Waals surface area contributed by atoms with Gasteiger partial charge in [-0.1, -0.05) is 18.2 Å². The zero-order chi connectivity index (χ0) is 16.0. The summed E-state index contributed by atoms with van der Waals surface area (Å²) >= 11 is 1.47. The minimum absolute atomic E-state index is 0.0868. The minimum atomic E-state index is -0.253. The Balaban J connectivity index is 1.70. The van der Waals surface area contributed by atoms with Crippen LogP contribution in [0.25, 0.3) is 21.2 Å². The molecule has 0 unspecified atom stereocenters. The van der Waals surface area contributed by atoms with Gasteiger partial charge in [0.1, 0.15) is 10.4 Å². The quantitative estimate of drug-likeness (QED) is 0.542. The molecule has 3 heterocycles. The lowest BCUT2D eigenvalue weighted by Gasteiger charge is -2.02. The molecule has 0 bridgehead atoms. The van der Waals surface area contributed by atoms with E-state index in [0.717, 1.165) is 10.3 Å². The molecule has 23 heavy (non-hydrogen) atoms. The van der Waals surface area contributed by atoms with E-state index in [9.17, 15) is 9.59 Å². The summed E-state index contributed by atoms with van der Waals surface area (Å²) in [6, 6.07) is 10.9. The van der Waals surface area contributed by atoms with Crippen LogP contribution in [0.2, 0.25) is 0 Å². The molecule has 6 heteroatoms. The van der Waals surface area contributed by atoms with Gasteiger partial charge in [-0.15, -0.1) is 11.3 Å². The van der Waals surface area contributed by atoms with Crippen molar-refractivity contribution in [2.24, 2.45) is 0 Å². The lowest BCUT2D eigenvalue weighted by molar-refractivity contribution is 0.0945. The van der Waals surface area contributed by atoms with Gasteiger partial charge in [-0.25, -0.2) is 4.98 Å². The van der Waals surface area contributed by atoms with Gasteiger partial charge in [0.15, 0.2) is 5.76 Å². The van der Waals surface area contributed by atoms with E-state index in [1.165, 1.54) is 22.2 Å². The summed E-state index contributed by atoms with van der Waals surface area (Å²) in [5, 5.41) is 1.41. The van der Waals surface area contributed by atoms with Crippen LogP contribution in [-0.2, 0) is 6.54 Å². The molecule has 5 nitrogen and oxygen atoms in total. The van der Waals surface area contributed by atoms with Crippen LogP contribution < -0.4 is 5.56 Å². The Labute approximate surface area is 134 Å². The van der Waals surface area contributed by atoms with Crippen LogP contribution in [0.3, 0.4) is 0 Å². The van der Waals surface area contributed by atoms with Gasteiger partial charge in [-0.2, -0.15) is 0 Å². The first-order valence-electron chi connectivity index (χ1n) is 7.09. The zero-order valence-corrected chi connectivity index (χ0v) is 13.1. The first-order valence-corrected chi connectivity index (χ1v) is 7.91. The number of aromatic nitrogens is 2. The van der Waals surface area contributed by atoms with Crippen LogP contribution in [0.1, 0.15) is 15.4 Å². The van der Waals surface area contributed by atoms with Crippen molar-refractivity contribution in [2.45, 2.75) is 13.5 Å². The number of carbonyl (C=O) groups is 1. The number of benzene rings is 1. The monoisotopic (exact) mass is 324 g/mol. The highest BCUT2D eigenvalue weighted by atomic mass is 32.1. The average molecular weight is 324 g/mol. The van der Waals surface area contributed by atoms with E-state index in [1.54, 1.807) is 18.2 Å². The molecule has 4 aromatic rings. The van der Waals surface area contributed by atoms with Gasteiger partial charge in [-0.05, 0) is 25.1 Å². The molecule has 0 aliphatic rings. The number of hydrogen-bond donors (Lipinski definition) is 0. The van der Waals surface area contributed by atoms with Crippen LogP contribution in [0.15, 0.2) is 51.9 Å². The summed E-state index contributed by atoms with van der Waals surface area (Å²) in [6.07, 6.45) is 1.42. The number of ketones is 1. The van der Waals surface area contributed by atoms with Crippen molar-refractivity contribution < 1.29 is 9.21 Å². The van der Waals surface area contributed by atoms with Crippen molar-refractivity contribution in [3.05, 3.63) is 63.7 Å². The molecule has 0 saturated carbocycles. The Morgan fingerprint density at radius 2 is 2.13 bits per heavy atom. The van der Waals surface area contributed by atoms with Gasteiger partial charge in [0.05, 0.1) is 18.3 Å². The Morgan fingerprint density at radius 1 is 1.30 bits per heavy atom. The molecule has 0 radical (unpaired) electrons. The van der Waals surface area contributed by atoms with E-state index < -0.39 is 0 Å². The van der Waals surface area contributed by atoms with Crippen molar-refractivity contribution in [2.75, 3.05) is 0 Å². The summed E-state index contributed by atoms with van der Waals surface area (Å²) in [6.45, 7) is 1.84. The molecule has 0 N–H and O–H groups in total. The third kappa shape index (κ3) is 2.37. The fourth-order valence-electron chi connectivity index (χ4n) is 2.54. The molecule has 0 spiro atoms. The van der Waals surface area contributed by atoms with Crippen molar-refractivity contribution in [3.63, 3.8) is 0 Å². The molecular weight excluding hydrogens is 312 g/mol. The van der Waals surface area contributed by atoms with Crippen molar-refractivity contribution in [3.8, 4) is 0 Å². The van der Waals surface area contributed by atoms with Crippen LogP contribution in [0, 0.1) is 6.92 Å². The summed E-state index contributed by atoms with van der Waals surface area (Å²) in [5.74, 6) is -0.00361. The molecule has 3 aromatic heterocycles. The van der Waals surface area contributed by atoms with Gasteiger partial charge >= 0.3 is 0 Å². The van der Waals surface area contributed by atoms with Crippen molar-refractivity contribution >= 4 is 38.3 Å². The Kier molecular flexibility index (Phi) is 3.12. The number of para-hydroxylation sites is 1. The zero-order valence-electron chi connectivity index (χ0n) is 12.3. The number of nitrogens with zero attached hydrogens (tertiary/aromatic N) is 2. The second-order valence-corrected chi connectivity index (χ2v) is 6.56. The van der Waals surface area contributed by atoms with Crippen molar-refractivity contribution in [1.82, 2.24) is 9.55 Å². The van der Waals surface area contributed by atoms with Crippen LogP contribution in [0.4, 0.5) is 0 Å². The number of fused-ring (bicyclic) bond motifs is 2. The highest BCUT2D eigenvalue weighted by Crippen LogP contribution is 2.21. The van der Waals surface area contributed by atoms with E-state index in [-0.39, 0.29) is 23.6 Å². The smallest absolute Gasteiger partial charge is 0.262 e. The number of thiophene rings is 1. The van der Waals surface area contributed by atoms with Crippen LogP contribution in [0.5, 0.6) is 0 Å². The van der Waals surface area contributed by atoms with Crippen LogP contribution >= 0.6 is 11.3 Å². The largest absolute Gasteiger partial charge is 0.453 e. The standard InChI is InChI=1S/C17H12N2O3S/c1-10-6-12-16(23-10)18-9-19(17(12)21)8-13(20)15-7-11-4-2-3-5-14(11)22-15/h2-7,9H,8H2,1H3. The van der Waals surface area contributed by atoms with Crippen molar-refractivity contribution in [1.29, 1.82) is 0 Å². The maximum absolute atomic E-state index is 12.4. The molecule has 0 atom stereocenters. The van der Waals surface area contributed by atoms with E-state index >= 15 is 0 Å². The van der Waals surface area contributed by atoms with Gasteiger partial charge in [0.2, 0.25) is 5.78 Å². The average Bonchev–Trinajstić information content (AvgIpc) is 3.13. The van der Waals surface area contributed by atoms with Crippen LogP contribution in [-0.4, -0.2) is 15.3 Å². The van der Waals surface area contributed by atoms with E-state index in [4.69, 9.17) is 4.42 Å². The lowest BCUT2D eigenvalue weighted by atomic mass is 10.2. The predicted molar refractivity (Wildman–Crippen MR) is 89.2 cm³/mol. The first-order chi connectivity index (χ1) is 11.1. The van der Waals surface area contributed by atoms with Gasteiger partial charge in [0, 0.05) is 10.3 Å². The van der Waals surface area contributed by atoms with E-state index in [1.807, 2.05) is 25.1 Å². The molecular formula is C17H12N2O3S. The van der Waals surface area contributed by atoms with Gasteiger partial charge in [0.25, 0.3) is 5.56 Å². The molecule has 0 saturated heterocycles. The minimum Gasteiger partial charge on any atom is -0.453 e. The predicted octanol–water partition coefficient (Wildman–Crippen LogP) is 3.40. The molecule has 0 aliphatic heterocycles. The van der Waals surface area contributed by atoms with E-state index in [0.29, 0.717) is 15.8 Å². The van der Waals surface area contributed by atoms with Gasteiger partial charge < -0.3 is 4.42 Å². The second kappa shape index (κ2) is 5.17. The summed E-state index contributed by atoms with van der Waals surface area (Å²) < 4.78 is 6.87. The first kappa shape index (κ1) is 13.9. The summed E-state index contributed by atoms with van der Waals surface area (Å²) in [5.41, 5.74) is 0.453.